The van der Waals surface area contributed by atoms with E-state index in [4.69, 9.17) is 13.3 Å². The van der Waals surface area contributed by atoms with Gasteiger partial charge in [-0.25, -0.2) is 0 Å². The van der Waals surface area contributed by atoms with E-state index in [9.17, 15) is 0 Å². The molecule has 5 heteroatoms. The van der Waals surface area contributed by atoms with Crippen LogP contribution in [0.3, 0.4) is 0 Å². The predicted molar refractivity (Wildman–Crippen MR) is 41.9 cm³/mol. The Morgan fingerprint density at radius 1 is 1.17 bits per heavy atom. The molecule has 0 aliphatic carbocycles. The minimum atomic E-state index is -3.32. The van der Waals surface area contributed by atoms with E-state index < -0.39 is 18.1 Å². The molecule has 0 atom stereocenters. The second-order valence-electron chi connectivity index (χ2n) is 2.51. The van der Waals surface area contributed by atoms with Gasteiger partial charge in [0.15, 0.2) is 0 Å². The van der Waals surface area contributed by atoms with Crippen molar-refractivity contribution in [2.24, 2.45) is 0 Å². The number of hydrogen-bond donors (Lipinski definition) is 0. The Kier molecular flexibility index (Phi) is 6.36. The molecular formula is C7H18O4Ti. The van der Waals surface area contributed by atoms with Crippen LogP contribution in [0.1, 0.15) is 20.8 Å². The molecule has 0 fully saturated rings. The van der Waals surface area contributed by atoms with Crippen molar-refractivity contribution in [3.05, 3.63) is 0 Å². The molecular weight excluding hydrogens is 196 g/mol. The zero-order valence-corrected chi connectivity index (χ0v) is 9.98. The van der Waals surface area contributed by atoms with Gasteiger partial charge < -0.3 is 0 Å². The van der Waals surface area contributed by atoms with E-state index in [1.807, 2.05) is 20.8 Å². The van der Waals surface area contributed by atoms with Crippen LogP contribution < -0.4 is 0 Å². The molecule has 74 valence electrons. The Balaban J connectivity index is 4.13. The molecule has 0 aromatic heterocycles. The van der Waals surface area contributed by atoms with Gasteiger partial charge in [-0.15, -0.1) is 0 Å². The second kappa shape index (κ2) is 6.08. The van der Waals surface area contributed by atoms with Crippen LogP contribution in [0.5, 0.6) is 0 Å². The summed E-state index contributed by atoms with van der Waals surface area (Å²) >= 11 is -3.32. The first-order valence-electron chi connectivity index (χ1n) is 4.02. The first-order chi connectivity index (χ1) is 5.60. The first-order valence-corrected chi connectivity index (χ1v) is 6.57. The molecule has 0 aromatic rings. The van der Waals surface area contributed by atoms with Crippen molar-refractivity contribution in [1.29, 1.82) is 0 Å². The molecule has 0 bridgehead atoms. The molecule has 12 heavy (non-hydrogen) atoms. The zero-order valence-electron chi connectivity index (χ0n) is 8.42. The van der Waals surface area contributed by atoms with Gasteiger partial charge in [0.2, 0.25) is 0 Å². The Morgan fingerprint density at radius 2 is 1.67 bits per heavy atom. The summed E-state index contributed by atoms with van der Waals surface area (Å²) in [5.41, 5.74) is 0. The average Bonchev–Trinajstić information content (AvgIpc) is 2.03. The van der Waals surface area contributed by atoms with E-state index in [0.717, 1.165) is 0 Å². The third kappa shape index (κ3) is 3.98. The van der Waals surface area contributed by atoms with Crippen LogP contribution in [0.25, 0.3) is 0 Å². The van der Waals surface area contributed by atoms with Gasteiger partial charge in [-0.1, -0.05) is 0 Å². The molecule has 0 aliphatic rings. The van der Waals surface area contributed by atoms with Gasteiger partial charge >= 0.3 is 79.1 Å². The summed E-state index contributed by atoms with van der Waals surface area (Å²) in [6.07, 6.45) is 0.0662. The van der Waals surface area contributed by atoms with Crippen molar-refractivity contribution in [2.75, 3.05) is 20.8 Å². The van der Waals surface area contributed by atoms with Gasteiger partial charge in [-0.2, -0.15) is 0 Å². The molecule has 0 heterocycles. The number of hydrogen-bond acceptors (Lipinski definition) is 4. The van der Waals surface area contributed by atoms with Crippen molar-refractivity contribution in [1.82, 2.24) is 0 Å². The van der Waals surface area contributed by atoms with E-state index in [2.05, 4.69) is 0 Å². The maximum atomic E-state index is 5.50. The average molecular weight is 214 g/mol. The molecule has 0 aromatic carbocycles. The summed E-state index contributed by atoms with van der Waals surface area (Å²) in [6.45, 7) is 6.30. The minimum absolute atomic E-state index is 0.0662. The summed E-state index contributed by atoms with van der Waals surface area (Å²) in [6, 6.07) is 0. The summed E-state index contributed by atoms with van der Waals surface area (Å²) in [4.78, 5) is 0. The van der Waals surface area contributed by atoms with Gasteiger partial charge in [0.1, 0.15) is 0 Å². The van der Waals surface area contributed by atoms with Gasteiger partial charge in [0.25, 0.3) is 0 Å². The van der Waals surface area contributed by atoms with Gasteiger partial charge in [-0.05, 0) is 0 Å². The zero-order chi connectivity index (χ0) is 9.61. The topological polar surface area (TPSA) is 36.9 Å². The fraction of sp³-hybridized carbons (Fsp3) is 1.00. The molecule has 0 saturated carbocycles. The third-order valence-electron chi connectivity index (χ3n) is 1.20. The Hall–Kier alpha value is 0.554. The molecule has 0 aliphatic heterocycles. The Labute approximate surface area is 79.4 Å². The SMILES string of the molecule is CC[O][Ti]([O]C)([O]C)[O]C(C)C. The van der Waals surface area contributed by atoms with Crippen LogP contribution in [0.15, 0.2) is 0 Å². The van der Waals surface area contributed by atoms with E-state index in [1.54, 1.807) is 14.2 Å². The molecule has 0 radical (unpaired) electrons. The van der Waals surface area contributed by atoms with Crippen LogP contribution in [0, 0.1) is 0 Å². The number of rotatable bonds is 6. The van der Waals surface area contributed by atoms with Gasteiger partial charge in [0, 0.05) is 0 Å². The molecule has 0 unspecified atom stereocenters. The van der Waals surface area contributed by atoms with Gasteiger partial charge in [0.05, 0.1) is 0 Å². The fourth-order valence-electron chi connectivity index (χ4n) is 0.797. The molecule has 0 amide bonds. The normalized spacial score (nSPS) is 12.5. The Morgan fingerprint density at radius 3 is 1.92 bits per heavy atom. The van der Waals surface area contributed by atoms with Crippen LogP contribution in [0.4, 0.5) is 0 Å². The standard InChI is InChI=1S/C3H7O.C2H5O.2CH3O.Ti/c1-3(2)4;1-2-3;2*1-2;/h3H,1-2H3;2H2,1H3;2*1H3;/q4*-1;+4. The predicted octanol–water partition coefficient (Wildman–Crippen LogP) is 1.55. The Bertz CT molecular complexity index is 114. The van der Waals surface area contributed by atoms with Crippen LogP contribution in [0.2, 0.25) is 0 Å². The molecule has 0 spiro atoms. The summed E-state index contributed by atoms with van der Waals surface area (Å²) < 4.78 is 21.2. The summed E-state index contributed by atoms with van der Waals surface area (Å²) in [5, 5.41) is 0. The fourth-order valence-corrected chi connectivity index (χ4v) is 3.29. The summed E-state index contributed by atoms with van der Waals surface area (Å²) in [5.74, 6) is 0. The molecule has 0 rings (SSSR count). The van der Waals surface area contributed by atoms with Crippen LogP contribution in [-0.4, -0.2) is 26.9 Å². The third-order valence-corrected chi connectivity index (χ3v) is 4.95. The van der Waals surface area contributed by atoms with Gasteiger partial charge in [-0.3, -0.25) is 0 Å². The second-order valence-corrected chi connectivity index (χ2v) is 6.16. The molecule has 0 N–H and O–H groups in total. The van der Waals surface area contributed by atoms with Crippen LogP contribution >= 0.6 is 0 Å². The van der Waals surface area contributed by atoms with Crippen molar-refractivity contribution in [3.63, 3.8) is 0 Å². The first kappa shape index (κ1) is 12.6. The summed E-state index contributed by atoms with van der Waals surface area (Å²) in [7, 11) is 3.11. The van der Waals surface area contributed by atoms with E-state index in [0.29, 0.717) is 6.61 Å². The van der Waals surface area contributed by atoms with Crippen molar-refractivity contribution < 1.29 is 31.4 Å². The van der Waals surface area contributed by atoms with E-state index >= 15 is 0 Å². The molecule has 4 nitrogen and oxygen atoms in total. The van der Waals surface area contributed by atoms with E-state index in [1.165, 1.54) is 0 Å². The van der Waals surface area contributed by atoms with Crippen molar-refractivity contribution >= 4 is 0 Å². The van der Waals surface area contributed by atoms with E-state index in [-0.39, 0.29) is 6.10 Å². The van der Waals surface area contributed by atoms with Crippen molar-refractivity contribution in [3.8, 4) is 0 Å². The van der Waals surface area contributed by atoms with Crippen molar-refractivity contribution in [2.45, 2.75) is 26.9 Å². The quantitative estimate of drug-likeness (QED) is 0.628. The van der Waals surface area contributed by atoms with Crippen LogP contribution in [-0.2, 0) is 31.4 Å². The maximum absolute atomic E-state index is 5.50. The monoisotopic (exact) mass is 214 g/mol. The molecule has 0 saturated heterocycles.